The van der Waals surface area contributed by atoms with E-state index in [4.69, 9.17) is 0 Å². The molecule has 0 spiro atoms. The quantitative estimate of drug-likeness (QED) is 0.586. The molecule has 3 aromatic rings. The van der Waals surface area contributed by atoms with E-state index in [1.54, 1.807) is 0 Å². The molecular weight excluding hydrogens is 417 g/mol. The predicted octanol–water partition coefficient (Wildman–Crippen LogP) is 4.43. The second-order valence-electron chi connectivity index (χ2n) is 7.80. The van der Waals surface area contributed by atoms with Crippen LogP contribution in [0.4, 0.5) is 24.7 Å². The molecule has 1 aliphatic heterocycles. The van der Waals surface area contributed by atoms with Gasteiger partial charge in [0.15, 0.2) is 0 Å². The summed E-state index contributed by atoms with van der Waals surface area (Å²) in [5, 5.41) is 2.14. The number of aromatic nitrogens is 1. The lowest BCUT2D eigenvalue weighted by atomic mass is 10.1. The van der Waals surface area contributed by atoms with Crippen LogP contribution < -0.4 is 9.80 Å². The number of hydrogen-bond acceptors (Lipinski definition) is 4. The molecule has 0 aliphatic carbocycles. The SMILES string of the molecule is CCN(C(=O)CN1CCN(c2ccc(C(F)(F)F)cn2)CC1)c1cccc2ccccc12. The van der Waals surface area contributed by atoms with E-state index in [9.17, 15) is 18.0 Å². The number of carbonyl (C=O) groups excluding carboxylic acids is 1. The van der Waals surface area contributed by atoms with Gasteiger partial charge in [0.25, 0.3) is 0 Å². The molecule has 2 aromatic carbocycles. The number of anilines is 2. The van der Waals surface area contributed by atoms with Gasteiger partial charge in [0, 0.05) is 44.3 Å². The lowest BCUT2D eigenvalue weighted by Crippen LogP contribution is -2.50. The number of amides is 1. The van der Waals surface area contributed by atoms with Crippen LogP contribution in [0.5, 0.6) is 0 Å². The third-order valence-electron chi connectivity index (χ3n) is 5.81. The topological polar surface area (TPSA) is 39.7 Å². The van der Waals surface area contributed by atoms with E-state index in [0.717, 1.165) is 28.7 Å². The summed E-state index contributed by atoms with van der Waals surface area (Å²) in [6.45, 7) is 5.32. The molecule has 4 rings (SSSR count). The summed E-state index contributed by atoms with van der Waals surface area (Å²) in [6.07, 6.45) is -3.52. The zero-order chi connectivity index (χ0) is 22.7. The largest absolute Gasteiger partial charge is 0.417 e. The number of piperazine rings is 1. The van der Waals surface area contributed by atoms with Crippen molar-refractivity contribution in [1.82, 2.24) is 9.88 Å². The first kappa shape index (κ1) is 22.1. The molecule has 0 N–H and O–H groups in total. The fourth-order valence-corrected chi connectivity index (χ4v) is 4.08. The minimum absolute atomic E-state index is 0.0324. The number of nitrogens with zero attached hydrogens (tertiary/aromatic N) is 4. The van der Waals surface area contributed by atoms with Crippen LogP contribution in [0, 0.1) is 0 Å². The number of likely N-dealkylation sites (N-methyl/N-ethyl adjacent to an activating group) is 1. The molecule has 1 fully saturated rings. The number of rotatable bonds is 5. The van der Waals surface area contributed by atoms with Gasteiger partial charge < -0.3 is 9.80 Å². The van der Waals surface area contributed by atoms with E-state index in [1.165, 1.54) is 6.07 Å². The second kappa shape index (κ2) is 9.16. The van der Waals surface area contributed by atoms with Crippen LogP contribution in [-0.2, 0) is 11.0 Å². The summed E-state index contributed by atoms with van der Waals surface area (Å²) in [7, 11) is 0. The molecule has 0 radical (unpaired) electrons. The minimum atomic E-state index is -4.39. The standard InChI is InChI=1S/C24H25F3N4O/c1-2-31(21-9-5-7-18-6-3-4-8-20(18)21)23(32)17-29-12-14-30(15-13-29)22-11-10-19(16-28-22)24(25,26)27/h3-11,16H,2,12-15,17H2,1H3. The Balaban J connectivity index is 1.38. The molecule has 1 aromatic heterocycles. The van der Waals surface area contributed by atoms with Crippen LogP contribution in [-0.4, -0.2) is 55.1 Å². The molecule has 32 heavy (non-hydrogen) atoms. The Bertz CT molecular complexity index is 1070. The van der Waals surface area contributed by atoms with Gasteiger partial charge in [0.1, 0.15) is 5.82 Å². The van der Waals surface area contributed by atoms with E-state index < -0.39 is 11.7 Å². The lowest BCUT2D eigenvalue weighted by Gasteiger charge is -2.36. The van der Waals surface area contributed by atoms with Crippen molar-refractivity contribution in [3.63, 3.8) is 0 Å². The second-order valence-corrected chi connectivity index (χ2v) is 7.80. The Morgan fingerprint density at radius 2 is 1.72 bits per heavy atom. The van der Waals surface area contributed by atoms with E-state index in [1.807, 2.05) is 59.2 Å². The highest BCUT2D eigenvalue weighted by atomic mass is 19.4. The van der Waals surface area contributed by atoms with Crippen molar-refractivity contribution in [2.24, 2.45) is 0 Å². The van der Waals surface area contributed by atoms with Gasteiger partial charge in [-0.15, -0.1) is 0 Å². The Morgan fingerprint density at radius 1 is 1.00 bits per heavy atom. The molecule has 0 unspecified atom stereocenters. The molecule has 1 aliphatic rings. The smallest absolute Gasteiger partial charge is 0.354 e. The van der Waals surface area contributed by atoms with Gasteiger partial charge in [-0.3, -0.25) is 9.69 Å². The normalized spacial score (nSPS) is 15.2. The number of halogens is 3. The average molecular weight is 442 g/mol. The molecule has 5 nitrogen and oxygen atoms in total. The van der Waals surface area contributed by atoms with Crippen LogP contribution in [0.2, 0.25) is 0 Å². The summed E-state index contributed by atoms with van der Waals surface area (Å²) in [5.41, 5.74) is 0.154. The van der Waals surface area contributed by atoms with E-state index in [2.05, 4.69) is 9.88 Å². The molecule has 0 saturated carbocycles. The van der Waals surface area contributed by atoms with Gasteiger partial charge >= 0.3 is 6.18 Å². The molecular formula is C24H25F3N4O. The maximum atomic E-state index is 13.1. The lowest BCUT2D eigenvalue weighted by molar-refractivity contribution is -0.137. The summed E-state index contributed by atoms with van der Waals surface area (Å²) in [6, 6.07) is 16.4. The third kappa shape index (κ3) is 4.70. The van der Waals surface area contributed by atoms with Crippen LogP contribution in [0.1, 0.15) is 12.5 Å². The molecule has 0 bridgehead atoms. The molecule has 8 heteroatoms. The molecule has 168 valence electrons. The summed E-state index contributed by atoms with van der Waals surface area (Å²) in [5.74, 6) is 0.555. The highest BCUT2D eigenvalue weighted by Gasteiger charge is 2.31. The van der Waals surface area contributed by atoms with Crippen molar-refractivity contribution in [3.05, 3.63) is 66.4 Å². The van der Waals surface area contributed by atoms with Crippen molar-refractivity contribution in [1.29, 1.82) is 0 Å². The maximum absolute atomic E-state index is 13.1. The first-order valence-electron chi connectivity index (χ1n) is 10.7. The third-order valence-corrected chi connectivity index (χ3v) is 5.81. The van der Waals surface area contributed by atoms with Gasteiger partial charge in [-0.2, -0.15) is 13.2 Å². The zero-order valence-corrected chi connectivity index (χ0v) is 17.8. The van der Waals surface area contributed by atoms with Gasteiger partial charge in [0.05, 0.1) is 17.8 Å². The number of pyridine rings is 1. The number of fused-ring (bicyclic) bond motifs is 1. The molecule has 1 amide bonds. The summed E-state index contributed by atoms with van der Waals surface area (Å²) < 4.78 is 38.2. The van der Waals surface area contributed by atoms with Gasteiger partial charge in [-0.1, -0.05) is 36.4 Å². The fourth-order valence-electron chi connectivity index (χ4n) is 4.08. The number of benzene rings is 2. The first-order valence-corrected chi connectivity index (χ1v) is 10.7. The van der Waals surface area contributed by atoms with E-state index >= 15 is 0 Å². The molecule has 1 saturated heterocycles. The zero-order valence-electron chi connectivity index (χ0n) is 17.8. The predicted molar refractivity (Wildman–Crippen MR) is 120 cm³/mol. The average Bonchev–Trinajstić information content (AvgIpc) is 2.80. The first-order chi connectivity index (χ1) is 15.4. The number of carbonyl (C=O) groups is 1. The van der Waals surface area contributed by atoms with Gasteiger partial charge in [-0.25, -0.2) is 4.98 Å². The van der Waals surface area contributed by atoms with E-state index in [0.29, 0.717) is 45.1 Å². The fraction of sp³-hybridized carbons (Fsp3) is 0.333. The Hall–Kier alpha value is -3.13. The van der Waals surface area contributed by atoms with Crippen molar-refractivity contribution >= 4 is 28.2 Å². The van der Waals surface area contributed by atoms with Crippen LogP contribution in [0.15, 0.2) is 60.8 Å². The number of alkyl halides is 3. The van der Waals surface area contributed by atoms with Crippen LogP contribution in [0.3, 0.4) is 0 Å². The summed E-state index contributed by atoms with van der Waals surface area (Å²) in [4.78, 5) is 22.9. The highest BCUT2D eigenvalue weighted by Crippen LogP contribution is 2.30. The van der Waals surface area contributed by atoms with Crippen LogP contribution >= 0.6 is 0 Å². The maximum Gasteiger partial charge on any atom is 0.417 e. The Kier molecular flexibility index (Phi) is 6.32. The minimum Gasteiger partial charge on any atom is -0.354 e. The van der Waals surface area contributed by atoms with Gasteiger partial charge in [0.2, 0.25) is 5.91 Å². The van der Waals surface area contributed by atoms with Crippen molar-refractivity contribution < 1.29 is 18.0 Å². The Labute approximate surface area is 185 Å². The summed E-state index contributed by atoms with van der Waals surface area (Å²) >= 11 is 0. The number of hydrogen-bond donors (Lipinski definition) is 0. The van der Waals surface area contributed by atoms with E-state index in [-0.39, 0.29) is 5.91 Å². The molecule has 2 heterocycles. The highest BCUT2D eigenvalue weighted by molar-refractivity contribution is 6.04. The van der Waals surface area contributed by atoms with Gasteiger partial charge in [-0.05, 0) is 30.5 Å². The van der Waals surface area contributed by atoms with Crippen molar-refractivity contribution in [2.45, 2.75) is 13.1 Å². The Morgan fingerprint density at radius 3 is 2.38 bits per heavy atom. The monoisotopic (exact) mass is 442 g/mol. The van der Waals surface area contributed by atoms with Crippen LogP contribution in [0.25, 0.3) is 10.8 Å². The van der Waals surface area contributed by atoms with Crippen molar-refractivity contribution in [2.75, 3.05) is 49.1 Å². The van der Waals surface area contributed by atoms with Crippen molar-refractivity contribution in [3.8, 4) is 0 Å². The molecule has 0 atom stereocenters.